The van der Waals surface area contributed by atoms with E-state index in [0.717, 1.165) is 19.6 Å². The number of aryl methyl sites for hydroxylation is 2. The van der Waals surface area contributed by atoms with Gasteiger partial charge in [0.1, 0.15) is 0 Å². The Morgan fingerprint density at radius 2 is 2.04 bits per heavy atom. The molecular formula is C19H22N4. The summed E-state index contributed by atoms with van der Waals surface area (Å²) in [6.45, 7) is 2.91. The zero-order valence-electron chi connectivity index (χ0n) is 13.6. The molecule has 1 aliphatic rings. The van der Waals surface area contributed by atoms with Gasteiger partial charge in [0.15, 0.2) is 0 Å². The number of benzene rings is 1. The Morgan fingerprint density at radius 3 is 2.96 bits per heavy atom. The highest BCUT2D eigenvalue weighted by Crippen LogP contribution is 2.18. The molecule has 4 rings (SSSR count). The minimum absolute atomic E-state index is 0.897. The fraction of sp³-hybridized carbons (Fsp3) is 0.368. The fourth-order valence-corrected chi connectivity index (χ4v) is 3.43. The van der Waals surface area contributed by atoms with E-state index in [9.17, 15) is 0 Å². The minimum atomic E-state index is 0.897. The lowest BCUT2D eigenvalue weighted by atomic mass is 10.1. The molecule has 23 heavy (non-hydrogen) atoms. The van der Waals surface area contributed by atoms with Crippen molar-refractivity contribution in [2.45, 2.75) is 38.9 Å². The molecule has 0 radical (unpaired) electrons. The van der Waals surface area contributed by atoms with Gasteiger partial charge in [-0.15, -0.1) is 0 Å². The Labute approximate surface area is 136 Å². The van der Waals surface area contributed by atoms with Crippen molar-refractivity contribution in [1.29, 1.82) is 0 Å². The van der Waals surface area contributed by atoms with E-state index in [4.69, 9.17) is 5.10 Å². The number of aromatic nitrogens is 3. The van der Waals surface area contributed by atoms with Crippen molar-refractivity contribution in [1.82, 2.24) is 19.7 Å². The first kappa shape index (κ1) is 14.4. The topological polar surface area (TPSA) is 34.0 Å². The maximum atomic E-state index is 4.75. The van der Waals surface area contributed by atoms with Gasteiger partial charge in [-0.3, -0.25) is 14.6 Å². The first-order chi connectivity index (χ1) is 11.3. The van der Waals surface area contributed by atoms with Crippen molar-refractivity contribution in [3.63, 3.8) is 0 Å². The van der Waals surface area contributed by atoms with Gasteiger partial charge in [0.2, 0.25) is 0 Å². The number of hydrogen-bond acceptors (Lipinski definition) is 3. The third-order valence-electron chi connectivity index (χ3n) is 4.56. The lowest BCUT2D eigenvalue weighted by Crippen LogP contribution is -2.18. The van der Waals surface area contributed by atoms with Gasteiger partial charge in [0.05, 0.1) is 5.69 Å². The molecule has 1 aromatic carbocycles. The molecule has 0 spiro atoms. The second-order valence-electron chi connectivity index (χ2n) is 6.54. The monoisotopic (exact) mass is 306 g/mol. The molecule has 2 aromatic heterocycles. The maximum Gasteiger partial charge on any atom is 0.0767 e. The van der Waals surface area contributed by atoms with Gasteiger partial charge < -0.3 is 0 Å². The summed E-state index contributed by atoms with van der Waals surface area (Å²) >= 11 is 0. The Hall–Kier alpha value is -2.20. The van der Waals surface area contributed by atoms with Crippen molar-refractivity contribution in [2.24, 2.45) is 0 Å². The van der Waals surface area contributed by atoms with Crippen LogP contribution in [-0.4, -0.2) is 26.7 Å². The molecule has 0 atom stereocenters. The summed E-state index contributed by atoms with van der Waals surface area (Å²) in [5.41, 5.74) is 3.92. The van der Waals surface area contributed by atoms with E-state index >= 15 is 0 Å². The molecular weight excluding hydrogens is 284 g/mol. The molecule has 0 saturated heterocycles. The highest BCUT2D eigenvalue weighted by molar-refractivity contribution is 5.81. The molecule has 3 aromatic rings. The van der Waals surface area contributed by atoms with Crippen molar-refractivity contribution in [3.05, 3.63) is 59.7 Å². The van der Waals surface area contributed by atoms with Crippen LogP contribution in [0.5, 0.6) is 0 Å². The number of hydrogen-bond donors (Lipinski definition) is 0. The molecule has 1 aliphatic heterocycles. The van der Waals surface area contributed by atoms with E-state index in [1.807, 2.05) is 12.4 Å². The van der Waals surface area contributed by atoms with Crippen LogP contribution >= 0.6 is 0 Å². The molecule has 4 nitrogen and oxygen atoms in total. The highest BCUT2D eigenvalue weighted by atomic mass is 15.3. The first-order valence-electron chi connectivity index (χ1n) is 8.35. The summed E-state index contributed by atoms with van der Waals surface area (Å²) in [6.07, 6.45) is 7.50. The average molecular weight is 306 g/mol. The van der Waals surface area contributed by atoms with Gasteiger partial charge in [0, 0.05) is 43.1 Å². The van der Waals surface area contributed by atoms with Crippen LogP contribution in [0, 0.1) is 0 Å². The molecule has 0 amide bonds. The average Bonchev–Trinajstić information content (AvgIpc) is 2.96. The molecule has 0 N–H and O–H groups in total. The predicted molar refractivity (Wildman–Crippen MR) is 92.1 cm³/mol. The van der Waals surface area contributed by atoms with Crippen LogP contribution in [-0.2, 0) is 26.1 Å². The van der Waals surface area contributed by atoms with Gasteiger partial charge in [-0.25, -0.2) is 0 Å². The van der Waals surface area contributed by atoms with Crippen molar-refractivity contribution in [2.75, 3.05) is 7.05 Å². The van der Waals surface area contributed by atoms with E-state index in [1.54, 1.807) is 0 Å². The molecule has 118 valence electrons. The van der Waals surface area contributed by atoms with Crippen LogP contribution in [0.2, 0.25) is 0 Å². The molecule has 0 unspecified atom stereocenters. The lowest BCUT2D eigenvalue weighted by molar-refractivity contribution is 0.313. The van der Waals surface area contributed by atoms with E-state index < -0.39 is 0 Å². The van der Waals surface area contributed by atoms with E-state index in [2.05, 4.69) is 51.9 Å². The smallest absolute Gasteiger partial charge is 0.0767 e. The number of pyridine rings is 1. The summed E-state index contributed by atoms with van der Waals surface area (Å²) < 4.78 is 2.19. The maximum absolute atomic E-state index is 4.75. The highest BCUT2D eigenvalue weighted by Gasteiger charge is 2.13. The zero-order chi connectivity index (χ0) is 15.6. The summed E-state index contributed by atoms with van der Waals surface area (Å²) in [7, 11) is 2.16. The van der Waals surface area contributed by atoms with E-state index in [0.29, 0.717) is 0 Å². The largest absolute Gasteiger partial charge is 0.296 e. The quantitative estimate of drug-likeness (QED) is 0.741. The molecule has 0 fully saturated rings. The molecule has 0 bridgehead atoms. The summed E-state index contributed by atoms with van der Waals surface area (Å²) in [5.74, 6) is 0. The summed E-state index contributed by atoms with van der Waals surface area (Å²) in [5, 5.41) is 7.20. The lowest BCUT2D eigenvalue weighted by Gasteiger charge is -2.15. The van der Waals surface area contributed by atoms with Crippen LogP contribution in [0.1, 0.15) is 29.8 Å². The van der Waals surface area contributed by atoms with Crippen LogP contribution in [0.4, 0.5) is 0 Å². The van der Waals surface area contributed by atoms with Gasteiger partial charge in [-0.1, -0.05) is 12.1 Å². The van der Waals surface area contributed by atoms with Gasteiger partial charge in [-0.2, -0.15) is 5.10 Å². The van der Waals surface area contributed by atoms with Crippen LogP contribution in [0.15, 0.2) is 42.7 Å². The summed E-state index contributed by atoms with van der Waals surface area (Å²) in [6, 6.07) is 11.0. The van der Waals surface area contributed by atoms with Crippen molar-refractivity contribution in [3.8, 4) is 0 Å². The third kappa shape index (κ3) is 3.13. The van der Waals surface area contributed by atoms with Gasteiger partial charge >= 0.3 is 0 Å². The van der Waals surface area contributed by atoms with Crippen LogP contribution in [0.3, 0.4) is 0 Å². The van der Waals surface area contributed by atoms with Crippen LogP contribution in [0.25, 0.3) is 10.8 Å². The Balaban J connectivity index is 1.46. The minimum Gasteiger partial charge on any atom is -0.296 e. The normalized spacial score (nSPS) is 14.3. The number of fused-ring (bicyclic) bond motifs is 2. The Kier molecular flexibility index (Phi) is 3.83. The molecule has 0 aliphatic carbocycles. The first-order valence-corrected chi connectivity index (χ1v) is 8.35. The van der Waals surface area contributed by atoms with Crippen LogP contribution < -0.4 is 0 Å². The second-order valence-corrected chi connectivity index (χ2v) is 6.54. The summed E-state index contributed by atoms with van der Waals surface area (Å²) in [4.78, 5) is 6.50. The second kappa shape index (κ2) is 6.13. The fourth-order valence-electron chi connectivity index (χ4n) is 3.43. The van der Waals surface area contributed by atoms with Crippen molar-refractivity contribution < 1.29 is 0 Å². The van der Waals surface area contributed by atoms with Gasteiger partial charge in [0.25, 0.3) is 0 Å². The predicted octanol–water partition coefficient (Wildman–Crippen LogP) is 3.40. The Bertz CT molecular complexity index is 798. The number of rotatable bonds is 4. The molecule has 0 saturated carbocycles. The van der Waals surface area contributed by atoms with E-state index in [-0.39, 0.29) is 0 Å². The Morgan fingerprint density at radius 1 is 1.09 bits per heavy atom. The number of nitrogens with zero attached hydrogens (tertiary/aromatic N) is 4. The zero-order valence-corrected chi connectivity index (χ0v) is 13.6. The third-order valence-corrected chi connectivity index (χ3v) is 4.56. The van der Waals surface area contributed by atoms with Crippen molar-refractivity contribution >= 4 is 10.8 Å². The standard InChI is InChI=1S/C19H22N4/c1-22(14-18-11-19-4-2-3-9-23(19)21-18)13-15-5-6-17-12-20-8-7-16(17)10-15/h5-8,10-12H,2-4,9,13-14H2,1H3. The SMILES string of the molecule is CN(Cc1ccc2cnccc2c1)Cc1cc2n(n1)CCCC2. The molecule has 3 heterocycles. The van der Waals surface area contributed by atoms with Gasteiger partial charge in [-0.05, 0) is 55.5 Å². The molecule has 4 heteroatoms. The van der Waals surface area contributed by atoms with E-state index in [1.165, 1.54) is 47.0 Å².